The number of hydrogen-bond acceptors (Lipinski definition) is 6. The van der Waals surface area contributed by atoms with Crippen molar-refractivity contribution in [1.82, 2.24) is 25.6 Å². The van der Waals surface area contributed by atoms with Crippen LogP contribution in [0.3, 0.4) is 0 Å². The Morgan fingerprint density at radius 1 is 1.29 bits per heavy atom. The molecule has 2 fully saturated rings. The molecule has 0 unspecified atom stereocenters. The summed E-state index contributed by atoms with van der Waals surface area (Å²) < 4.78 is 0. The van der Waals surface area contributed by atoms with Crippen LogP contribution in [-0.2, 0) is 9.59 Å². The van der Waals surface area contributed by atoms with E-state index in [9.17, 15) is 19.2 Å². The number of nitrogens with one attached hydrogen (secondary N) is 2. The zero-order chi connectivity index (χ0) is 20.3. The number of hydrazine groups is 1. The first-order chi connectivity index (χ1) is 13.3. The topological polar surface area (TPSA) is 112 Å². The van der Waals surface area contributed by atoms with Crippen LogP contribution in [0.5, 0.6) is 0 Å². The molecular weight excluding hydrogens is 382 g/mol. The third-order valence-corrected chi connectivity index (χ3v) is 5.88. The van der Waals surface area contributed by atoms with Crippen molar-refractivity contribution in [3.8, 4) is 0 Å². The highest BCUT2D eigenvalue weighted by Gasteiger charge is 2.47. The van der Waals surface area contributed by atoms with E-state index < -0.39 is 23.4 Å². The third kappa shape index (κ3) is 4.11. The molecule has 10 heteroatoms. The van der Waals surface area contributed by atoms with E-state index in [2.05, 4.69) is 15.7 Å². The maximum absolute atomic E-state index is 12.3. The maximum atomic E-state index is 12.3. The van der Waals surface area contributed by atoms with Crippen LogP contribution in [-0.4, -0.2) is 63.0 Å². The van der Waals surface area contributed by atoms with Gasteiger partial charge in [0.2, 0.25) is 5.91 Å². The highest BCUT2D eigenvalue weighted by molar-refractivity contribution is 7.99. The van der Waals surface area contributed by atoms with Crippen molar-refractivity contribution in [3.05, 3.63) is 23.9 Å². The van der Waals surface area contributed by atoms with Gasteiger partial charge in [-0.3, -0.25) is 19.8 Å². The van der Waals surface area contributed by atoms with Gasteiger partial charge in [-0.2, -0.15) is 5.01 Å². The van der Waals surface area contributed by atoms with E-state index in [0.29, 0.717) is 17.0 Å². The number of carbonyl (C=O) groups is 4. The molecule has 0 radical (unpaired) electrons. The molecule has 9 nitrogen and oxygen atoms in total. The number of imide groups is 1. The van der Waals surface area contributed by atoms with Gasteiger partial charge in [-0.05, 0) is 38.3 Å². The van der Waals surface area contributed by atoms with Crippen LogP contribution in [0.25, 0.3) is 0 Å². The van der Waals surface area contributed by atoms with Crippen molar-refractivity contribution >= 4 is 35.5 Å². The molecule has 0 spiro atoms. The summed E-state index contributed by atoms with van der Waals surface area (Å²) in [6.07, 6.45) is 3.98. The summed E-state index contributed by atoms with van der Waals surface area (Å²) in [6, 6.07) is 2.73. The summed E-state index contributed by atoms with van der Waals surface area (Å²) in [5.74, 6) is -1.03. The summed E-state index contributed by atoms with van der Waals surface area (Å²) in [5.41, 5.74) is 1.85. The molecule has 0 saturated carbocycles. The Morgan fingerprint density at radius 2 is 2.00 bits per heavy atom. The fraction of sp³-hybridized carbons (Fsp3) is 0.500. The largest absolute Gasteiger partial charge is 0.344 e. The second-order valence-electron chi connectivity index (χ2n) is 6.96. The SMILES string of the molecule is CC[C@@]1(C)NC(=O)N(NC(=O)CSc2ccc(C(=O)N3CCCC3)cn2)C1=O. The summed E-state index contributed by atoms with van der Waals surface area (Å²) >= 11 is 1.15. The van der Waals surface area contributed by atoms with Gasteiger partial charge in [-0.15, -0.1) is 0 Å². The van der Waals surface area contributed by atoms with Crippen LogP contribution < -0.4 is 10.7 Å². The molecule has 0 aliphatic carbocycles. The molecule has 1 atom stereocenters. The number of hydrogen-bond donors (Lipinski definition) is 2. The van der Waals surface area contributed by atoms with Crippen LogP contribution in [0.15, 0.2) is 23.4 Å². The van der Waals surface area contributed by atoms with E-state index in [1.807, 2.05) is 0 Å². The molecular formula is C18H23N5O4S. The highest BCUT2D eigenvalue weighted by atomic mass is 32.2. The van der Waals surface area contributed by atoms with Gasteiger partial charge >= 0.3 is 6.03 Å². The second kappa shape index (κ2) is 8.17. The Morgan fingerprint density at radius 3 is 2.57 bits per heavy atom. The number of aromatic nitrogens is 1. The number of nitrogens with zero attached hydrogens (tertiary/aromatic N) is 3. The summed E-state index contributed by atoms with van der Waals surface area (Å²) in [6.45, 7) is 4.94. The van der Waals surface area contributed by atoms with E-state index in [0.717, 1.165) is 42.7 Å². The Labute approximate surface area is 167 Å². The van der Waals surface area contributed by atoms with Crippen LogP contribution in [0.2, 0.25) is 0 Å². The zero-order valence-electron chi connectivity index (χ0n) is 15.9. The quantitative estimate of drug-likeness (QED) is 0.543. The molecule has 28 heavy (non-hydrogen) atoms. The average Bonchev–Trinajstić information content (AvgIpc) is 3.30. The second-order valence-corrected chi connectivity index (χ2v) is 7.96. The first kappa shape index (κ1) is 20.1. The van der Waals surface area contributed by atoms with E-state index in [4.69, 9.17) is 0 Å². The lowest BCUT2D eigenvalue weighted by Crippen LogP contribution is -2.49. The predicted molar refractivity (Wildman–Crippen MR) is 102 cm³/mol. The molecule has 2 aliphatic rings. The number of carbonyl (C=O) groups excluding carboxylic acids is 4. The number of rotatable bonds is 6. The van der Waals surface area contributed by atoms with Crippen molar-refractivity contribution in [2.24, 2.45) is 0 Å². The molecule has 0 bridgehead atoms. The Hall–Kier alpha value is -2.62. The van der Waals surface area contributed by atoms with Crippen molar-refractivity contribution in [2.45, 2.75) is 43.7 Å². The molecule has 0 aromatic carbocycles. The maximum Gasteiger partial charge on any atom is 0.344 e. The highest BCUT2D eigenvalue weighted by Crippen LogP contribution is 2.20. The summed E-state index contributed by atoms with van der Waals surface area (Å²) in [7, 11) is 0. The molecule has 2 N–H and O–H groups in total. The lowest BCUT2D eigenvalue weighted by Gasteiger charge is -2.19. The number of thioether (sulfide) groups is 1. The Bertz CT molecular complexity index is 794. The van der Waals surface area contributed by atoms with E-state index in [1.165, 1.54) is 6.20 Å². The third-order valence-electron chi connectivity index (χ3n) is 4.93. The number of urea groups is 1. The fourth-order valence-corrected chi connectivity index (χ4v) is 3.65. The average molecular weight is 405 g/mol. The molecule has 5 amide bonds. The predicted octanol–water partition coefficient (Wildman–Crippen LogP) is 1.16. The molecule has 2 saturated heterocycles. The van der Waals surface area contributed by atoms with Gasteiger partial charge in [0.15, 0.2) is 0 Å². The van der Waals surface area contributed by atoms with Gasteiger partial charge in [0.05, 0.1) is 16.3 Å². The molecule has 1 aromatic rings. The van der Waals surface area contributed by atoms with Crippen molar-refractivity contribution in [1.29, 1.82) is 0 Å². The minimum atomic E-state index is -1.00. The van der Waals surface area contributed by atoms with E-state index >= 15 is 0 Å². The minimum absolute atomic E-state index is 0.0215. The first-order valence-electron chi connectivity index (χ1n) is 9.18. The molecule has 150 valence electrons. The monoisotopic (exact) mass is 405 g/mol. The van der Waals surface area contributed by atoms with Crippen LogP contribution in [0, 0.1) is 0 Å². The lowest BCUT2D eigenvalue weighted by atomic mass is 10.00. The van der Waals surface area contributed by atoms with Crippen molar-refractivity contribution in [2.75, 3.05) is 18.8 Å². The molecule has 3 rings (SSSR count). The standard InChI is InChI=1S/C18H23N5O4S/c1-3-18(2)16(26)23(17(27)20-18)21-13(24)11-28-14-7-6-12(10-19-14)15(25)22-8-4-5-9-22/h6-7,10H,3-5,8-9,11H2,1-2H3,(H,20,27)(H,21,24)/t18-/m1/s1. The van der Waals surface area contributed by atoms with Crippen LogP contribution in [0.4, 0.5) is 4.79 Å². The summed E-state index contributed by atoms with van der Waals surface area (Å²) in [5, 5.41) is 3.86. The molecule has 1 aromatic heterocycles. The van der Waals surface area contributed by atoms with Gasteiger partial charge in [0.25, 0.3) is 11.8 Å². The van der Waals surface area contributed by atoms with Gasteiger partial charge in [0, 0.05) is 19.3 Å². The minimum Gasteiger partial charge on any atom is -0.339 e. The molecule has 2 aliphatic heterocycles. The van der Waals surface area contributed by atoms with Gasteiger partial charge < -0.3 is 10.2 Å². The van der Waals surface area contributed by atoms with E-state index in [-0.39, 0.29) is 11.7 Å². The first-order valence-corrected chi connectivity index (χ1v) is 10.2. The van der Waals surface area contributed by atoms with Gasteiger partial charge in [0.1, 0.15) is 5.54 Å². The lowest BCUT2D eigenvalue weighted by molar-refractivity contribution is -0.137. The van der Waals surface area contributed by atoms with Gasteiger partial charge in [-0.1, -0.05) is 18.7 Å². The zero-order valence-corrected chi connectivity index (χ0v) is 16.7. The van der Waals surface area contributed by atoms with Crippen molar-refractivity contribution in [3.63, 3.8) is 0 Å². The number of amides is 5. The fourth-order valence-electron chi connectivity index (χ4n) is 3.02. The van der Waals surface area contributed by atoms with Crippen LogP contribution >= 0.6 is 11.8 Å². The van der Waals surface area contributed by atoms with Crippen molar-refractivity contribution < 1.29 is 19.2 Å². The Balaban J connectivity index is 1.51. The Kier molecular flexibility index (Phi) is 5.87. The number of likely N-dealkylation sites (tertiary alicyclic amines) is 1. The smallest absolute Gasteiger partial charge is 0.339 e. The van der Waals surface area contributed by atoms with E-state index in [1.54, 1.807) is 30.9 Å². The summed E-state index contributed by atoms with van der Waals surface area (Å²) in [4.78, 5) is 54.6. The normalized spacial score (nSPS) is 21.8. The molecule has 3 heterocycles. The van der Waals surface area contributed by atoms with Crippen LogP contribution in [0.1, 0.15) is 43.5 Å². The van der Waals surface area contributed by atoms with Gasteiger partial charge in [-0.25, -0.2) is 9.78 Å². The number of pyridine rings is 1.